The lowest BCUT2D eigenvalue weighted by molar-refractivity contribution is -0.126. The molecule has 3 heterocycles. The fourth-order valence-corrected chi connectivity index (χ4v) is 3.52. The summed E-state index contributed by atoms with van der Waals surface area (Å²) >= 11 is 0. The van der Waals surface area contributed by atoms with E-state index in [1.165, 1.54) is 18.2 Å². The molecule has 0 saturated carbocycles. The summed E-state index contributed by atoms with van der Waals surface area (Å²) in [6.45, 7) is 1.80. The number of imide groups is 1. The molecule has 4 atom stereocenters. The lowest BCUT2D eigenvalue weighted by Gasteiger charge is -2.24. The van der Waals surface area contributed by atoms with E-state index < -0.39 is 23.3 Å². The van der Waals surface area contributed by atoms with Gasteiger partial charge in [-0.15, -0.1) is 0 Å². The summed E-state index contributed by atoms with van der Waals surface area (Å²) in [5.41, 5.74) is -0.720. The molecule has 2 bridgehead atoms. The van der Waals surface area contributed by atoms with Gasteiger partial charge in [-0.1, -0.05) is 24.3 Å². The molecule has 0 aliphatic carbocycles. The predicted molar refractivity (Wildman–Crippen MR) is 68.3 cm³/mol. The number of benzene rings is 1. The molecule has 1 aromatic rings. The average Bonchev–Trinajstić information content (AvgIpc) is 3.01. The lowest BCUT2D eigenvalue weighted by Crippen LogP contribution is -2.38. The normalized spacial score (nSPS) is 37.9. The van der Waals surface area contributed by atoms with Crippen LogP contribution in [0.4, 0.5) is 10.1 Å². The van der Waals surface area contributed by atoms with Crippen LogP contribution in [0.1, 0.15) is 6.92 Å². The molecule has 102 valence electrons. The maximum Gasteiger partial charge on any atom is 0.241 e. The molecule has 3 aliphatic heterocycles. The maximum atomic E-state index is 13.9. The predicted octanol–water partition coefficient (Wildman–Crippen LogP) is 1.66. The van der Waals surface area contributed by atoms with Crippen LogP contribution >= 0.6 is 0 Å². The largest absolute Gasteiger partial charge is 0.362 e. The van der Waals surface area contributed by atoms with E-state index >= 15 is 0 Å². The third-order valence-corrected chi connectivity index (χ3v) is 4.42. The summed E-state index contributed by atoms with van der Waals surface area (Å²) in [7, 11) is 0. The molecule has 20 heavy (non-hydrogen) atoms. The molecule has 2 fully saturated rings. The smallest absolute Gasteiger partial charge is 0.241 e. The minimum absolute atomic E-state index is 0.0277. The Hall–Kier alpha value is -2.01. The first-order valence-electron chi connectivity index (χ1n) is 6.52. The van der Waals surface area contributed by atoms with Gasteiger partial charge in [-0.2, -0.15) is 0 Å². The molecule has 0 spiro atoms. The summed E-state index contributed by atoms with van der Waals surface area (Å²) < 4.78 is 19.6. The van der Waals surface area contributed by atoms with Crippen LogP contribution in [-0.2, 0) is 14.3 Å². The molecule has 0 N–H and O–H groups in total. The quantitative estimate of drug-likeness (QED) is 0.577. The van der Waals surface area contributed by atoms with Crippen molar-refractivity contribution in [1.82, 2.24) is 0 Å². The van der Waals surface area contributed by atoms with Crippen LogP contribution < -0.4 is 4.90 Å². The Morgan fingerprint density at radius 1 is 1.25 bits per heavy atom. The Morgan fingerprint density at radius 2 is 2.00 bits per heavy atom. The number of hydrogen-bond donors (Lipinski definition) is 0. The number of anilines is 1. The van der Waals surface area contributed by atoms with Crippen molar-refractivity contribution in [1.29, 1.82) is 0 Å². The summed E-state index contributed by atoms with van der Waals surface area (Å²) in [6.07, 6.45) is 3.27. The Bertz CT molecular complexity index is 671. The standard InChI is InChI=1S/C15H12FNO3/c1-15-7-6-10(20-15)11-12(15)14(19)17(13(11)18)9-5-3-2-4-8(9)16/h2-7,10-12H,1H3/t10-,11+,12-,15+/m1/s1. The molecule has 0 radical (unpaired) electrons. The van der Waals surface area contributed by atoms with E-state index in [9.17, 15) is 14.0 Å². The van der Waals surface area contributed by atoms with Crippen molar-refractivity contribution in [2.24, 2.45) is 11.8 Å². The van der Waals surface area contributed by atoms with Gasteiger partial charge >= 0.3 is 0 Å². The molecule has 1 aromatic carbocycles. The summed E-state index contributed by atoms with van der Waals surface area (Å²) in [6, 6.07) is 5.83. The highest BCUT2D eigenvalue weighted by Crippen LogP contribution is 2.52. The van der Waals surface area contributed by atoms with Gasteiger partial charge in [0.15, 0.2) is 0 Å². The number of ether oxygens (including phenoxy) is 1. The number of para-hydroxylation sites is 1. The summed E-state index contributed by atoms with van der Waals surface area (Å²) in [5.74, 6) is -2.40. The molecule has 5 heteroatoms. The Kier molecular flexibility index (Phi) is 2.09. The van der Waals surface area contributed by atoms with Gasteiger partial charge in [0, 0.05) is 0 Å². The van der Waals surface area contributed by atoms with Crippen molar-refractivity contribution >= 4 is 17.5 Å². The molecule has 2 saturated heterocycles. The highest BCUT2D eigenvalue weighted by atomic mass is 19.1. The molecular formula is C15H12FNO3. The van der Waals surface area contributed by atoms with Gasteiger partial charge in [0.25, 0.3) is 0 Å². The van der Waals surface area contributed by atoms with E-state index in [1.807, 2.05) is 12.2 Å². The van der Waals surface area contributed by atoms with Crippen molar-refractivity contribution in [2.45, 2.75) is 18.6 Å². The summed E-state index contributed by atoms with van der Waals surface area (Å²) in [4.78, 5) is 26.1. The first-order valence-corrected chi connectivity index (χ1v) is 6.52. The maximum absolute atomic E-state index is 13.9. The zero-order valence-corrected chi connectivity index (χ0v) is 10.7. The Balaban J connectivity index is 1.82. The van der Waals surface area contributed by atoms with Gasteiger partial charge in [-0.3, -0.25) is 9.59 Å². The summed E-state index contributed by atoms with van der Waals surface area (Å²) in [5, 5.41) is 0. The monoisotopic (exact) mass is 273 g/mol. The number of carbonyl (C=O) groups excluding carboxylic acids is 2. The van der Waals surface area contributed by atoms with Crippen molar-refractivity contribution in [3.8, 4) is 0 Å². The van der Waals surface area contributed by atoms with Gasteiger partial charge < -0.3 is 4.74 Å². The number of hydrogen-bond acceptors (Lipinski definition) is 3. The van der Waals surface area contributed by atoms with Crippen LogP contribution in [0.5, 0.6) is 0 Å². The minimum atomic E-state index is -0.748. The number of halogens is 1. The van der Waals surface area contributed by atoms with E-state index in [1.54, 1.807) is 13.0 Å². The van der Waals surface area contributed by atoms with Gasteiger partial charge in [-0.25, -0.2) is 9.29 Å². The van der Waals surface area contributed by atoms with E-state index in [0.29, 0.717) is 0 Å². The Labute approximate surface area is 114 Å². The van der Waals surface area contributed by atoms with Crippen LogP contribution in [0.25, 0.3) is 0 Å². The first kappa shape index (κ1) is 11.8. The van der Waals surface area contributed by atoms with Crippen molar-refractivity contribution in [3.05, 3.63) is 42.2 Å². The number of rotatable bonds is 1. The third-order valence-electron chi connectivity index (χ3n) is 4.42. The minimum Gasteiger partial charge on any atom is -0.362 e. The fraction of sp³-hybridized carbons (Fsp3) is 0.333. The van der Waals surface area contributed by atoms with Crippen LogP contribution in [0, 0.1) is 17.7 Å². The number of fused-ring (bicyclic) bond motifs is 5. The third kappa shape index (κ3) is 1.23. The zero-order valence-electron chi connectivity index (χ0n) is 10.7. The van der Waals surface area contributed by atoms with Crippen LogP contribution in [0.2, 0.25) is 0 Å². The zero-order chi connectivity index (χ0) is 14.1. The fourth-order valence-electron chi connectivity index (χ4n) is 3.52. The lowest BCUT2D eigenvalue weighted by atomic mass is 9.78. The topological polar surface area (TPSA) is 46.6 Å². The molecule has 3 aliphatic rings. The SMILES string of the molecule is C[C@@]12C=C[C@@H](O1)[C@@H]1C(=O)N(c3ccccc3F)C(=O)[C@@H]12. The van der Waals surface area contributed by atoms with E-state index in [0.717, 1.165) is 4.90 Å². The van der Waals surface area contributed by atoms with Crippen molar-refractivity contribution < 1.29 is 18.7 Å². The second-order valence-corrected chi connectivity index (χ2v) is 5.59. The van der Waals surface area contributed by atoms with E-state index in [-0.39, 0.29) is 23.6 Å². The van der Waals surface area contributed by atoms with E-state index in [4.69, 9.17) is 4.74 Å². The van der Waals surface area contributed by atoms with Gasteiger partial charge in [0.1, 0.15) is 5.82 Å². The van der Waals surface area contributed by atoms with Crippen LogP contribution in [0.15, 0.2) is 36.4 Å². The van der Waals surface area contributed by atoms with Crippen LogP contribution in [-0.4, -0.2) is 23.5 Å². The van der Waals surface area contributed by atoms with Gasteiger partial charge in [0.05, 0.1) is 29.2 Å². The Morgan fingerprint density at radius 3 is 2.70 bits per heavy atom. The van der Waals surface area contributed by atoms with Gasteiger partial charge in [0.2, 0.25) is 11.8 Å². The molecule has 0 aromatic heterocycles. The second-order valence-electron chi connectivity index (χ2n) is 5.59. The highest BCUT2D eigenvalue weighted by Gasteiger charge is 2.66. The number of amides is 2. The number of carbonyl (C=O) groups is 2. The van der Waals surface area contributed by atoms with Crippen molar-refractivity contribution in [2.75, 3.05) is 4.90 Å². The van der Waals surface area contributed by atoms with Crippen LogP contribution in [0.3, 0.4) is 0 Å². The molecule has 0 unspecified atom stereocenters. The average molecular weight is 273 g/mol. The molecule has 4 rings (SSSR count). The number of nitrogens with zero attached hydrogens (tertiary/aromatic N) is 1. The molecular weight excluding hydrogens is 261 g/mol. The van der Waals surface area contributed by atoms with Gasteiger partial charge in [-0.05, 0) is 19.1 Å². The van der Waals surface area contributed by atoms with Crippen molar-refractivity contribution in [3.63, 3.8) is 0 Å². The molecule has 2 amide bonds. The second kappa shape index (κ2) is 3.55. The first-order chi connectivity index (χ1) is 9.53. The highest BCUT2D eigenvalue weighted by molar-refractivity contribution is 6.23. The molecule has 4 nitrogen and oxygen atoms in total. The van der Waals surface area contributed by atoms with E-state index in [2.05, 4.69) is 0 Å².